The Hall–Kier alpha value is -2.21. The molecule has 2 aromatic rings. The summed E-state index contributed by atoms with van der Waals surface area (Å²) in [5.41, 5.74) is 1.26. The fourth-order valence-corrected chi connectivity index (χ4v) is 1.75. The number of hydrogen-bond acceptors (Lipinski definition) is 4. The van der Waals surface area contributed by atoms with E-state index in [4.69, 9.17) is 11.6 Å². The zero-order valence-electron chi connectivity index (χ0n) is 9.33. The fraction of sp³-hybridized carbons (Fsp3) is 0.0909. The molecule has 0 fully saturated rings. The Morgan fingerprint density at radius 1 is 1.39 bits per heavy atom. The number of nitrogens with zero attached hydrogens (tertiary/aromatic N) is 3. The summed E-state index contributed by atoms with van der Waals surface area (Å²) in [7, 11) is 1.62. The Balaban J connectivity index is 2.52. The second kappa shape index (κ2) is 4.58. The topological polar surface area (TPSA) is 78.0 Å². The van der Waals surface area contributed by atoms with Crippen LogP contribution in [0.2, 0.25) is 5.15 Å². The molecule has 1 aromatic carbocycles. The van der Waals surface area contributed by atoms with Crippen LogP contribution in [0.3, 0.4) is 0 Å². The van der Waals surface area contributed by atoms with Crippen LogP contribution in [0.4, 0.5) is 5.69 Å². The fourth-order valence-electron chi connectivity index (χ4n) is 1.58. The Labute approximate surface area is 107 Å². The maximum absolute atomic E-state index is 11.0. The highest BCUT2D eigenvalue weighted by Crippen LogP contribution is 2.27. The quantitative estimate of drug-likeness (QED) is 0.485. The number of aromatic nitrogens is 2. The first-order valence-electron chi connectivity index (χ1n) is 4.97. The third kappa shape index (κ3) is 1.98. The van der Waals surface area contributed by atoms with Gasteiger partial charge in [-0.1, -0.05) is 11.6 Å². The number of aryl methyl sites for hydroxylation is 1. The van der Waals surface area contributed by atoms with Gasteiger partial charge in [0.25, 0.3) is 5.69 Å². The average molecular weight is 266 g/mol. The molecule has 1 aromatic heterocycles. The van der Waals surface area contributed by atoms with Crippen LogP contribution < -0.4 is 0 Å². The lowest BCUT2D eigenvalue weighted by atomic mass is 10.1. The van der Waals surface area contributed by atoms with Crippen molar-refractivity contribution in [2.75, 3.05) is 0 Å². The largest absolute Gasteiger partial charge is 0.298 e. The normalized spacial score (nSPS) is 10.3. The van der Waals surface area contributed by atoms with Crippen molar-refractivity contribution in [1.82, 2.24) is 9.78 Å². The highest BCUT2D eigenvalue weighted by atomic mass is 35.5. The van der Waals surface area contributed by atoms with Crippen molar-refractivity contribution in [2.45, 2.75) is 0 Å². The molecule has 0 bridgehead atoms. The Bertz CT molecular complexity index is 619. The van der Waals surface area contributed by atoms with E-state index in [1.807, 2.05) is 0 Å². The Morgan fingerprint density at radius 2 is 2.00 bits per heavy atom. The van der Waals surface area contributed by atoms with Gasteiger partial charge in [0.2, 0.25) is 0 Å². The smallest absolute Gasteiger partial charge is 0.269 e. The lowest BCUT2D eigenvalue weighted by Crippen LogP contribution is -1.90. The molecule has 0 radical (unpaired) electrons. The van der Waals surface area contributed by atoms with E-state index in [-0.39, 0.29) is 16.4 Å². The molecule has 0 saturated carbocycles. The first-order valence-corrected chi connectivity index (χ1v) is 5.35. The Morgan fingerprint density at radius 3 is 2.50 bits per heavy atom. The highest BCUT2D eigenvalue weighted by Gasteiger charge is 2.16. The molecular formula is C11H8ClN3O3. The van der Waals surface area contributed by atoms with E-state index in [9.17, 15) is 14.9 Å². The van der Waals surface area contributed by atoms with Gasteiger partial charge in [0.05, 0.1) is 10.5 Å². The van der Waals surface area contributed by atoms with E-state index < -0.39 is 4.92 Å². The molecule has 0 unspecified atom stereocenters. The summed E-state index contributed by atoms with van der Waals surface area (Å²) in [6.45, 7) is 0. The van der Waals surface area contributed by atoms with E-state index in [0.29, 0.717) is 17.5 Å². The second-order valence-electron chi connectivity index (χ2n) is 3.60. The SMILES string of the molecule is Cn1nc(-c2ccc([N+](=O)[O-])cc2)c(C=O)c1Cl. The number of rotatable bonds is 3. The van der Waals surface area contributed by atoms with Crippen LogP contribution in [0.5, 0.6) is 0 Å². The average Bonchev–Trinajstić information content (AvgIpc) is 2.65. The number of nitro benzene ring substituents is 1. The van der Waals surface area contributed by atoms with Crippen molar-refractivity contribution in [3.05, 3.63) is 45.1 Å². The zero-order chi connectivity index (χ0) is 13.3. The van der Waals surface area contributed by atoms with Crippen LogP contribution in [0.25, 0.3) is 11.3 Å². The van der Waals surface area contributed by atoms with Gasteiger partial charge < -0.3 is 0 Å². The maximum atomic E-state index is 11.0. The monoisotopic (exact) mass is 265 g/mol. The van der Waals surface area contributed by atoms with Gasteiger partial charge in [-0.2, -0.15) is 5.10 Å². The third-order valence-electron chi connectivity index (χ3n) is 2.48. The van der Waals surface area contributed by atoms with E-state index in [1.54, 1.807) is 7.05 Å². The van der Waals surface area contributed by atoms with Crippen molar-refractivity contribution in [1.29, 1.82) is 0 Å². The van der Waals surface area contributed by atoms with Crippen LogP contribution in [-0.2, 0) is 7.05 Å². The number of halogens is 1. The number of carbonyl (C=O) groups is 1. The summed E-state index contributed by atoms with van der Waals surface area (Å²) < 4.78 is 1.38. The minimum absolute atomic E-state index is 0.0200. The predicted octanol–water partition coefficient (Wildman–Crippen LogP) is 2.46. The molecule has 0 aliphatic rings. The first kappa shape index (κ1) is 12.3. The second-order valence-corrected chi connectivity index (χ2v) is 3.96. The molecular weight excluding hydrogens is 258 g/mol. The Kier molecular flexibility index (Phi) is 3.12. The summed E-state index contributed by atoms with van der Waals surface area (Å²) >= 11 is 5.91. The van der Waals surface area contributed by atoms with E-state index >= 15 is 0 Å². The summed E-state index contributed by atoms with van der Waals surface area (Å²) in [6, 6.07) is 5.77. The first-order chi connectivity index (χ1) is 8.54. The molecule has 0 N–H and O–H groups in total. The molecule has 0 aliphatic heterocycles. The summed E-state index contributed by atoms with van der Waals surface area (Å²) in [4.78, 5) is 21.0. The van der Waals surface area contributed by atoms with Crippen molar-refractivity contribution in [3.63, 3.8) is 0 Å². The summed E-state index contributed by atoms with van der Waals surface area (Å²) in [5.74, 6) is 0. The van der Waals surface area contributed by atoms with Gasteiger partial charge in [-0.15, -0.1) is 0 Å². The van der Waals surface area contributed by atoms with Gasteiger partial charge in [0.15, 0.2) is 6.29 Å². The van der Waals surface area contributed by atoms with Crippen LogP contribution in [-0.4, -0.2) is 21.0 Å². The molecule has 7 heteroatoms. The number of hydrogen-bond donors (Lipinski definition) is 0. The molecule has 18 heavy (non-hydrogen) atoms. The number of non-ortho nitro benzene ring substituents is 1. The van der Waals surface area contributed by atoms with Crippen molar-refractivity contribution < 1.29 is 9.72 Å². The van der Waals surface area contributed by atoms with Crippen molar-refractivity contribution >= 4 is 23.6 Å². The highest BCUT2D eigenvalue weighted by molar-refractivity contribution is 6.32. The third-order valence-corrected chi connectivity index (χ3v) is 2.93. The van der Waals surface area contributed by atoms with Gasteiger partial charge in [-0.25, -0.2) is 0 Å². The van der Waals surface area contributed by atoms with Crippen LogP contribution in [0.15, 0.2) is 24.3 Å². The van der Waals surface area contributed by atoms with E-state index in [0.717, 1.165) is 0 Å². The molecule has 1 heterocycles. The van der Waals surface area contributed by atoms with Gasteiger partial charge >= 0.3 is 0 Å². The minimum Gasteiger partial charge on any atom is -0.298 e. The van der Waals surface area contributed by atoms with E-state index in [2.05, 4.69) is 5.10 Å². The molecule has 0 saturated heterocycles. The summed E-state index contributed by atoms with van der Waals surface area (Å²) in [6.07, 6.45) is 0.617. The van der Waals surface area contributed by atoms with Gasteiger partial charge in [0.1, 0.15) is 10.8 Å². The molecule has 2 rings (SSSR count). The zero-order valence-corrected chi connectivity index (χ0v) is 10.1. The van der Waals surface area contributed by atoms with Crippen molar-refractivity contribution in [2.24, 2.45) is 7.05 Å². The molecule has 92 valence electrons. The molecule has 0 atom stereocenters. The van der Waals surface area contributed by atoms with Crippen LogP contribution in [0.1, 0.15) is 10.4 Å². The molecule has 0 amide bonds. The predicted molar refractivity (Wildman–Crippen MR) is 65.7 cm³/mol. The van der Waals surface area contributed by atoms with Crippen LogP contribution in [0, 0.1) is 10.1 Å². The number of aldehydes is 1. The summed E-state index contributed by atoms with van der Waals surface area (Å²) in [5, 5.41) is 14.9. The maximum Gasteiger partial charge on any atom is 0.269 e. The number of carbonyl (C=O) groups excluding carboxylic acids is 1. The van der Waals surface area contributed by atoms with Crippen LogP contribution >= 0.6 is 11.6 Å². The molecule has 0 spiro atoms. The number of benzene rings is 1. The minimum atomic E-state index is -0.490. The lowest BCUT2D eigenvalue weighted by Gasteiger charge is -1.97. The van der Waals surface area contributed by atoms with Crippen molar-refractivity contribution in [3.8, 4) is 11.3 Å². The lowest BCUT2D eigenvalue weighted by molar-refractivity contribution is -0.384. The standard InChI is InChI=1S/C11H8ClN3O3/c1-14-11(12)9(6-16)10(13-14)7-2-4-8(5-3-7)15(17)18/h2-6H,1H3. The van der Waals surface area contributed by atoms with Gasteiger partial charge in [-0.05, 0) is 12.1 Å². The molecule has 0 aliphatic carbocycles. The van der Waals surface area contributed by atoms with E-state index in [1.165, 1.54) is 28.9 Å². The van der Waals surface area contributed by atoms with Gasteiger partial charge in [-0.3, -0.25) is 19.6 Å². The van der Waals surface area contributed by atoms with Gasteiger partial charge in [0, 0.05) is 24.7 Å². The number of nitro groups is 1. The molecule has 6 nitrogen and oxygen atoms in total.